The third-order valence-corrected chi connectivity index (χ3v) is 5.26. The highest BCUT2D eigenvalue weighted by atomic mass is 35.5. The number of hydrogen-bond donors (Lipinski definition) is 0. The largest absolute Gasteiger partial charge is 0.472 e. The zero-order chi connectivity index (χ0) is 21.4. The summed E-state index contributed by atoms with van der Waals surface area (Å²) in [7, 11) is 1.96. The fraction of sp³-hybridized carbons (Fsp3) is 0.0833. The van der Waals surface area contributed by atoms with Crippen LogP contribution in [0.3, 0.4) is 0 Å². The topological polar surface area (TPSA) is 56.6 Å². The normalized spacial score (nSPS) is 13.0. The van der Waals surface area contributed by atoms with Crippen molar-refractivity contribution in [3.05, 3.63) is 89.8 Å². The van der Waals surface area contributed by atoms with E-state index in [-0.39, 0.29) is 12.6 Å². The van der Waals surface area contributed by atoms with Crippen molar-refractivity contribution in [2.24, 2.45) is 7.05 Å². The van der Waals surface area contributed by atoms with Crippen molar-refractivity contribution in [3.63, 3.8) is 0 Å². The van der Waals surface area contributed by atoms with E-state index in [0.717, 1.165) is 11.3 Å². The van der Waals surface area contributed by atoms with Crippen LogP contribution in [0.1, 0.15) is 10.4 Å². The molecule has 0 saturated carbocycles. The Morgan fingerprint density at radius 3 is 2.61 bits per heavy atom. The van der Waals surface area contributed by atoms with Crippen LogP contribution in [0, 0.1) is 0 Å². The number of hydrogen-bond acceptors (Lipinski definition) is 4. The quantitative estimate of drug-likeness (QED) is 0.426. The van der Waals surface area contributed by atoms with Gasteiger partial charge in [-0.25, -0.2) is 0 Å². The van der Waals surface area contributed by atoms with Crippen LogP contribution in [0.5, 0.6) is 17.2 Å². The van der Waals surface area contributed by atoms with Gasteiger partial charge in [-0.2, -0.15) is 0 Å². The number of nitrogens with zero attached hydrogens (tertiary/aromatic N) is 3. The van der Waals surface area contributed by atoms with Crippen LogP contribution in [-0.4, -0.2) is 22.2 Å². The number of ether oxygens (including phenoxy) is 2. The molecule has 5 rings (SSSR count). The number of rotatable bonds is 4. The third kappa shape index (κ3) is 3.85. The first kappa shape index (κ1) is 19.2. The standard InChI is InChI=1S/C24H18ClN3O3/c1-27-11-9-16(14-27)22-13-20(8-10-26-22)31-19-6-7-23-21(12-19)24(29)28(15-30-23)18-4-2-17(25)3-5-18/h2-14H,15H2,1H3. The van der Waals surface area contributed by atoms with Gasteiger partial charge in [0.1, 0.15) is 17.2 Å². The van der Waals surface area contributed by atoms with Gasteiger partial charge in [0.2, 0.25) is 0 Å². The molecule has 0 radical (unpaired) electrons. The Labute approximate surface area is 184 Å². The van der Waals surface area contributed by atoms with E-state index < -0.39 is 0 Å². The summed E-state index contributed by atoms with van der Waals surface area (Å²) in [6, 6.07) is 17.9. The average Bonchev–Trinajstić information content (AvgIpc) is 3.22. The number of aromatic nitrogens is 2. The molecule has 0 N–H and O–H groups in total. The number of aryl methyl sites for hydroxylation is 1. The van der Waals surface area contributed by atoms with Crippen LogP contribution in [0.25, 0.3) is 11.3 Å². The fourth-order valence-corrected chi connectivity index (χ4v) is 3.57. The molecule has 1 amide bonds. The molecular formula is C24H18ClN3O3. The van der Waals surface area contributed by atoms with Gasteiger partial charge in [-0.05, 0) is 54.6 Å². The lowest BCUT2D eigenvalue weighted by Gasteiger charge is -2.29. The first-order chi connectivity index (χ1) is 15.1. The second-order valence-corrected chi connectivity index (χ2v) is 7.62. The Bertz CT molecular complexity index is 1270. The fourth-order valence-electron chi connectivity index (χ4n) is 3.44. The van der Waals surface area contributed by atoms with Crippen LogP contribution in [0.2, 0.25) is 5.02 Å². The molecule has 0 aliphatic carbocycles. The van der Waals surface area contributed by atoms with Crippen molar-refractivity contribution in [1.29, 1.82) is 0 Å². The van der Waals surface area contributed by atoms with Crippen LogP contribution in [-0.2, 0) is 7.05 Å². The highest BCUT2D eigenvalue weighted by Crippen LogP contribution is 2.34. The van der Waals surface area contributed by atoms with Crippen molar-refractivity contribution in [3.8, 4) is 28.5 Å². The number of halogens is 1. The van der Waals surface area contributed by atoms with Crippen molar-refractivity contribution in [1.82, 2.24) is 9.55 Å². The Kier molecular flexibility index (Phi) is 4.84. The van der Waals surface area contributed by atoms with E-state index in [4.69, 9.17) is 21.1 Å². The smallest absolute Gasteiger partial charge is 0.264 e. The van der Waals surface area contributed by atoms with E-state index in [9.17, 15) is 4.79 Å². The molecule has 3 heterocycles. The molecule has 0 unspecified atom stereocenters. The third-order valence-electron chi connectivity index (χ3n) is 5.01. The van der Waals surface area contributed by atoms with Crippen LogP contribution >= 0.6 is 11.6 Å². The molecule has 2 aromatic carbocycles. The van der Waals surface area contributed by atoms with Crippen molar-refractivity contribution >= 4 is 23.2 Å². The zero-order valence-electron chi connectivity index (χ0n) is 16.7. The number of amides is 1. The summed E-state index contributed by atoms with van der Waals surface area (Å²) in [5, 5.41) is 0.609. The summed E-state index contributed by atoms with van der Waals surface area (Å²) in [6.07, 6.45) is 5.66. The van der Waals surface area contributed by atoms with Crippen molar-refractivity contribution in [2.75, 3.05) is 11.6 Å². The lowest BCUT2D eigenvalue weighted by atomic mass is 10.1. The summed E-state index contributed by atoms with van der Waals surface area (Å²) in [4.78, 5) is 19.1. The van der Waals surface area contributed by atoms with Gasteiger partial charge in [-0.15, -0.1) is 0 Å². The first-order valence-electron chi connectivity index (χ1n) is 9.67. The van der Waals surface area contributed by atoms with Crippen LogP contribution in [0.15, 0.2) is 79.3 Å². The molecule has 1 aliphatic heterocycles. The number of pyridine rings is 1. The second kappa shape index (κ2) is 7.81. The van der Waals surface area contributed by atoms with E-state index >= 15 is 0 Å². The summed E-state index contributed by atoms with van der Waals surface area (Å²) < 4.78 is 13.8. The molecule has 2 aromatic heterocycles. The summed E-state index contributed by atoms with van der Waals surface area (Å²) >= 11 is 5.96. The van der Waals surface area contributed by atoms with Crippen molar-refractivity contribution in [2.45, 2.75) is 0 Å². The van der Waals surface area contributed by atoms with E-state index in [2.05, 4.69) is 4.98 Å². The summed E-state index contributed by atoms with van der Waals surface area (Å²) in [6.45, 7) is 0.137. The Morgan fingerprint density at radius 1 is 1.03 bits per heavy atom. The molecule has 0 spiro atoms. The lowest BCUT2D eigenvalue weighted by Crippen LogP contribution is -2.38. The molecule has 0 atom stereocenters. The van der Waals surface area contributed by atoms with E-state index in [1.807, 2.05) is 36.1 Å². The number of carbonyl (C=O) groups excluding carboxylic acids is 1. The molecule has 0 saturated heterocycles. The predicted octanol–water partition coefficient (Wildman–Crippen LogP) is 5.53. The number of fused-ring (bicyclic) bond motifs is 1. The lowest BCUT2D eigenvalue weighted by molar-refractivity contribution is 0.0936. The molecule has 31 heavy (non-hydrogen) atoms. The zero-order valence-corrected chi connectivity index (χ0v) is 17.4. The van der Waals surface area contributed by atoms with E-state index in [1.54, 1.807) is 59.6 Å². The van der Waals surface area contributed by atoms with Crippen LogP contribution < -0.4 is 14.4 Å². The van der Waals surface area contributed by atoms with Gasteiger partial charge < -0.3 is 14.0 Å². The van der Waals surface area contributed by atoms with Gasteiger partial charge >= 0.3 is 0 Å². The van der Waals surface area contributed by atoms with Gasteiger partial charge in [0.15, 0.2) is 6.73 Å². The molecule has 6 nitrogen and oxygen atoms in total. The maximum absolute atomic E-state index is 13.1. The van der Waals surface area contributed by atoms with Gasteiger partial charge in [0.25, 0.3) is 5.91 Å². The average molecular weight is 432 g/mol. The molecule has 1 aliphatic rings. The first-order valence-corrected chi connectivity index (χ1v) is 10.1. The Balaban J connectivity index is 1.41. The monoisotopic (exact) mass is 431 g/mol. The van der Waals surface area contributed by atoms with Crippen molar-refractivity contribution < 1.29 is 14.3 Å². The molecule has 154 valence electrons. The highest BCUT2D eigenvalue weighted by Gasteiger charge is 2.27. The summed E-state index contributed by atoms with van der Waals surface area (Å²) in [5.74, 6) is 1.54. The van der Waals surface area contributed by atoms with E-state index in [1.165, 1.54) is 0 Å². The number of carbonyl (C=O) groups is 1. The van der Waals surface area contributed by atoms with E-state index in [0.29, 0.717) is 33.5 Å². The number of benzene rings is 2. The summed E-state index contributed by atoms with van der Waals surface area (Å²) in [5.41, 5.74) is 2.97. The highest BCUT2D eigenvalue weighted by molar-refractivity contribution is 6.30. The van der Waals surface area contributed by atoms with Gasteiger partial charge in [0.05, 0.1) is 11.3 Å². The molecule has 0 fully saturated rings. The minimum Gasteiger partial charge on any atom is -0.472 e. The van der Waals surface area contributed by atoms with Gasteiger partial charge in [-0.1, -0.05) is 11.6 Å². The SMILES string of the molecule is Cn1ccc(-c2cc(Oc3ccc4c(c3)C(=O)N(c3ccc(Cl)cc3)CO4)ccn2)c1. The Morgan fingerprint density at radius 2 is 1.84 bits per heavy atom. The maximum Gasteiger partial charge on any atom is 0.264 e. The van der Waals surface area contributed by atoms with Gasteiger partial charge in [0, 0.05) is 48.0 Å². The Hall–Kier alpha value is -3.77. The molecule has 4 aromatic rings. The number of anilines is 1. The van der Waals surface area contributed by atoms with Gasteiger partial charge in [-0.3, -0.25) is 14.7 Å². The predicted molar refractivity (Wildman–Crippen MR) is 119 cm³/mol. The second-order valence-electron chi connectivity index (χ2n) is 7.19. The molecule has 0 bridgehead atoms. The minimum absolute atomic E-state index is 0.137. The maximum atomic E-state index is 13.1. The minimum atomic E-state index is -0.159. The molecular weight excluding hydrogens is 414 g/mol. The molecule has 7 heteroatoms. The van der Waals surface area contributed by atoms with Crippen LogP contribution in [0.4, 0.5) is 5.69 Å².